The van der Waals surface area contributed by atoms with Gasteiger partial charge in [0.05, 0.1) is 12.7 Å². The van der Waals surface area contributed by atoms with E-state index in [1.807, 2.05) is 24.3 Å². The fraction of sp³-hybridized carbons (Fsp3) is 0.455. The molecule has 2 aromatic carbocycles. The first-order valence-corrected chi connectivity index (χ1v) is 9.62. The summed E-state index contributed by atoms with van der Waals surface area (Å²) in [5.74, 6) is 0.654. The average molecular weight is 372 g/mol. The largest absolute Gasteiger partial charge is 0.493 e. The van der Waals surface area contributed by atoms with Gasteiger partial charge in [0.1, 0.15) is 11.6 Å². The van der Waals surface area contributed by atoms with Gasteiger partial charge in [0.25, 0.3) is 0 Å². The van der Waals surface area contributed by atoms with E-state index in [0.29, 0.717) is 19.6 Å². The summed E-state index contributed by atoms with van der Waals surface area (Å²) in [5.41, 5.74) is 3.52. The van der Waals surface area contributed by atoms with Crippen LogP contribution in [0.25, 0.3) is 0 Å². The van der Waals surface area contributed by atoms with Crippen LogP contribution >= 0.6 is 0 Å². The zero-order chi connectivity index (χ0) is 19.2. The second kappa shape index (κ2) is 9.20. The molecular weight excluding hydrogens is 343 g/mol. The summed E-state index contributed by atoms with van der Waals surface area (Å²) in [6.45, 7) is 8.89. The number of ether oxygens (including phenoxy) is 1. The summed E-state index contributed by atoms with van der Waals surface area (Å²) in [7, 11) is 0. The normalized spacial score (nSPS) is 16.4. The Morgan fingerprint density at radius 3 is 2.37 bits per heavy atom. The topological polar surface area (TPSA) is 35.9 Å². The number of piperazine rings is 1. The third-order valence-corrected chi connectivity index (χ3v) is 5.23. The molecule has 1 N–H and O–H groups in total. The van der Waals surface area contributed by atoms with Crippen LogP contribution in [0.3, 0.4) is 0 Å². The van der Waals surface area contributed by atoms with Crippen molar-refractivity contribution in [1.29, 1.82) is 0 Å². The van der Waals surface area contributed by atoms with Gasteiger partial charge in [-0.2, -0.15) is 0 Å². The Morgan fingerprint density at radius 2 is 1.70 bits per heavy atom. The van der Waals surface area contributed by atoms with E-state index in [2.05, 4.69) is 29.7 Å². The first-order valence-electron chi connectivity index (χ1n) is 9.62. The zero-order valence-electron chi connectivity index (χ0n) is 16.2. The number of anilines is 1. The van der Waals surface area contributed by atoms with E-state index >= 15 is 0 Å². The second-order valence-electron chi connectivity index (χ2n) is 7.30. The van der Waals surface area contributed by atoms with Gasteiger partial charge in [-0.1, -0.05) is 6.07 Å². The minimum atomic E-state index is -0.395. The number of aliphatic hydroxyl groups is 1. The van der Waals surface area contributed by atoms with Crippen molar-refractivity contribution in [2.45, 2.75) is 26.4 Å². The molecule has 1 heterocycles. The first kappa shape index (κ1) is 19.6. The minimum Gasteiger partial charge on any atom is -0.493 e. The van der Waals surface area contributed by atoms with Gasteiger partial charge < -0.3 is 14.7 Å². The highest BCUT2D eigenvalue weighted by molar-refractivity contribution is 5.46. The van der Waals surface area contributed by atoms with Gasteiger partial charge in [-0.3, -0.25) is 4.90 Å². The molecule has 1 saturated heterocycles. The maximum atomic E-state index is 13.0. The molecule has 5 heteroatoms. The molecule has 0 aromatic heterocycles. The number of nitrogens with zero attached hydrogens (tertiary/aromatic N) is 2. The third kappa shape index (κ3) is 5.68. The Kier molecular flexibility index (Phi) is 6.69. The Morgan fingerprint density at radius 1 is 1.00 bits per heavy atom. The molecule has 3 rings (SSSR count). The van der Waals surface area contributed by atoms with Crippen LogP contribution in [0.2, 0.25) is 0 Å². The molecule has 0 bridgehead atoms. The van der Waals surface area contributed by atoms with Crippen molar-refractivity contribution in [3.8, 4) is 5.75 Å². The summed E-state index contributed by atoms with van der Waals surface area (Å²) in [6, 6.07) is 12.7. The molecule has 1 fully saturated rings. The van der Waals surface area contributed by atoms with Gasteiger partial charge in [0, 0.05) is 44.8 Å². The predicted octanol–water partition coefficient (Wildman–Crippen LogP) is 3.39. The number of halogens is 1. The molecule has 0 amide bonds. The van der Waals surface area contributed by atoms with Gasteiger partial charge in [0.15, 0.2) is 0 Å². The number of benzene rings is 2. The molecule has 0 saturated carbocycles. The number of rotatable bonds is 7. The van der Waals surface area contributed by atoms with E-state index in [0.717, 1.165) is 37.6 Å². The lowest BCUT2D eigenvalue weighted by molar-refractivity contribution is 0.0886. The van der Waals surface area contributed by atoms with Crippen molar-refractivity contribution in [3.05, 3.63) is 59.4 Å². The van der Waals surface area contributed by atoms with Crippen molar-refractivity contribution < 1.29 is 14.2 Å². The molecule has 1 atom stereocenters. The van der Waals surface area contributed by atoms with Gasteiger partial charge in [-0.25, -0.2) is 4.39 Å². The number of aryl methyl sites for hydroxylation is 2. The van der Waals surface area contributed by atoms with Crippen LogP contribution in [0.5, 0.6) is 5.75 Å². The first-order chi connectivity index (χ1) is 13.0. The van der Waals surface area contributed by atoms with E-state index in [4.69, 9.17) is 4.74 Å². The number of hydrogen-bond acceptors (Lipinski definition) is 4. The van der Waals surface area contributed by atoms with Crippen LogP contribution in [0.4, 0.5) is 10.1 Å². The predicted molar refractivity (Wildman–Crippen MR) is 107 cm³/mol. The van der Waals surface area contributed by atoms with Gasteiger partial charge in [-0.15, -0.1) is 0 Å². The lowest BCUT2D eigenvalue weighted by Crippen LogP contribution is -2.48. The van der Waals surface area contributed by atoms with Crippen molar-refractivity contribution in [2.24, 2.45) is 0 Å². The van der Waals surface area contributed by atoms with E-state index in [1.165, 1.54) is 23.3 Å². The highest BCUT2D eigenvalue weighted by Crippen LogP contribution is 2.18. The average Bonchev–Trinajstić information content (AvgIpc) is 2.66. The van der Waals surface area contributed by atoms with Gasteiger partial charge in [-0.05, 0) is 61.4 Å². The molecule has 2 aromatic rings. The van der Waals surface area contributed by atoms with E-state index in [9.17, 15) is 9.50 Å². The SMILES string of the molecule is Cc1ccc(OCC[C@H](O)CN2CCN(c3ccc(F)cc3)CC2)cc1C. The Hall–Kier alpha value is -2.11. The summed E-state index contributed by atoms with van der Waals surface area (Å²) in [5, 5.41) is 10.3. The highest BCUT2D eigenvalue weighted by atomic mass is 19.1. The van der Waals surface area contributed by atoms with Crippen LogP contribution in [0, 0.1) is 19.7 Å². The van der Waals surface area contributed by atoms with E-state index in [1.54, 1.807) is 0 Å². The van der Waals surface area contributed by atoms with E-state index < -0.39 is 6.10 Å². The Labute approximate surface area is 161 Å². The number of aliphatic hydroxyl groups excluding tert-OH is 1. The smallest absolute Gasteiger partial charge is 0.123 e. The quantitative estimate of drug-likeness (QED) is 0.808. The lowest BCUT2D eigenvalue weighted by atomic mass is 10.1. The maximum absolute atomic E-state index is 13.0. The fourth-order valence-corrected chi connectivity index (χ4v) is 3.35. The van der Waals surface area contributed by atoms with Gasteiger partial charge in [0.2, 0.25) is 0 Å². The molecule has 27 heavy (non-hydrogen) atoms. The van der Waals surface area contributed by atoms with Crippen molar-refractivity contribution >= 4 is 5.69 Å². The zero-order valence-corrected chi connectivity index (χ0v) is 16.2. The molecule has 0 radical (unpaired) electrons. The molecule has 0 unspecified atom stereocenters. The maximum Gasteiger partial charge on any atom is 0.123 e. The minimum absolute atomic E-state index is 0.205. The lowest BCUT2D eigenvalue weighted by Gasteiger charge is -2.36. The second-order valence-corrected chi connectivity index (χ2v) is 7.30. The molecule has 1 aliphatic rings. The summed E-state index contributed by atoms with van der Waals surface area (Å²) >= 11 is 0. The molecule has 146 valence electrons. The van der Waals surface area contributed by atoms with Crippen LogP contribution in [-0.4, -0.2) is 55.4 Å². The molecule has 0 aliphatic carbocycles. The standard InChI is InChI=1S/C22H29FN2O2/c1-17-3-8-22(15-18(17)2)27-14-9-21(26)16-24-10-12-25(13-11-24)20-6-4-19(23)5-7-20/h3-8,15,21,26H,9-14,16H2,1-2H3/t21-/m0/s1. The molecule has 0 spiro atoms. The monoisotopic (exact) mass is 372 g/mol. The number of β-amino-alcohol motifs (C(OH)–C–C–N with tert-alkyl or cyclic N) is 1. The summed E-state index contributed by atoms with van der Waals surface area (Å²) in [6.07, 6.45) is 0.222. The molecular formula is C22H29FN2O2. The highest BCUT2D eigenvalue weighted by Gasteiger charge is 2.19. The Bertz CT molecular complexity index is 728. The molecule has 1 aliphatic heterocycles. The van der Waals surface area contributed by atoms with Crippen LogP contribution in [-0.2, 0) is 0 Å². The van der Waals surface area contributed by atoms with Crippen molar-refractivity contribution in [3.63, 3.8) is 0 Å². The van der Waals surface area contributed by atoms with E-state index in [-0.39, 0.29) is 5.82 Å². The summed E-state index contributed by atoms with van der Waals surface area (Å²) < 4.78 is 18.8. The van der Waals surface area contributed by atoms with Crippen molar-refractivity contribution in [2.75, 3.05) is 44.2 Å². The van der Waals surface area contributed by atoms with Crippen LogP contribution in [0.1, 0.15) is 17.5 Å². The fourth-order valence-electron chi connectivity index (χ4n) is 3.35. The van der Waals surface area contributed by atoms with Gasteiger partial charge >= 0.3 is 0 Å². The number of hydrogen-bond donors (Lipinski definition) is 1. The Balaban J connectivity index is 1.37. The summed E-state index contributed by atoms with van der Waals surface area (Å²) in [4.78, 5) is 4.53. The third-order valence-electron chi connectivity index (χ3n) is 5.23. The van der Waals surface area contributed by atoms with Crippen LogP contribution < -0.4 is 9.64 Å². The van der Waals surface area contributed by atoms with Crippen molar-refractivity contribution in [1.82, 2.24) is 4.90 Å². The molecule has 4 nitrogen and oxygen atoms in total. The van der Waals surface area contributed by atoms with Crippen LogP contribution in [0.15, 0.2) is 42.5 Å².